The molecule has 1 rings (SSSR count). The number of rotatable bonds is 32. The monoisotopic (exact) mass is 602 g/mol. The molecule has 0 amide bonds. The van der Waals surface area contributed by atoms with Crippen molar-refractivity contribution in [3.63, 3.8) is 0 Å². The normalized spacial score (nSPS) is 15.6. The van der Waals surface area contributed by atoms with Gasteiger partial charge in [0, 0.05) is 25.6 Å². The number of ether oxygens (including phenoxy) is 1. The Labute approximate surface area is 270 Å². The lowest BCUT2D eigenvalue weighted by Crippen LogP contribution is -2.34. The molecule has 0 aliphatic carbocycles. The molecule has 0 saturated carbocycles. The standard InChI is InChI=1S/C40H75NO2/c1-6-9-12-15-18-23-28-38(29-24-19-16-13-10-7-2)37(5)40(42)30-25-20-17-22-27-32-43-35-39-33-36(4)34-41(39)31-26-21-14-11-8-3/h38-39H,4-35H2,1-3H3/t39-/m0/s1. The molecule has 3 heteroatoms. The Morgan fingerprint density at radius 3 is 1.79 bits per heavy atom. The largest absolute Gasteiger partial charge is 0.380 e. The fourth-order valence-corrected chi connectivity index (χ4v) is 6.75. The Morgan fingerprint density at radius 2 is 1.21 bits per heavy atom. The van der Waals surface area contributed by atoms with Gasteiger partial charge >= 0.3 is 0 Å². The van der Waals surface area contributed by atoms with Crippen molar-refractivity contribution in [3.05, 3.63) is 24.3 Å². The summed E-state index contributed by atoms with van der Waals surface area (Å²) in [6.45, 7) is 19.4. The van der Waals surface area contributed by atoms with Crippen LogP contribution in [0, 0.1) is 5.92 Å². The summed E-state index contributed by atoms with van der Waals surface area (Å²) in [6.07, 6.45) is 32.4. The highest BCUT2D eigenvalue weighted by Gasteiger charge is 2.26. The maximum atomic E-state index is 13.1. The first-order valence-electron chi connectivity index (χ1n) is 19.2. The summed E-state index contributed by atoms with van der Waals surface area (Å²) in [7, 11) is 0. The van der Waals surface area contributed by atoms with E-state index in [0.29, 0.717) is 24.2 Å². The summed E-state index contributed by atoms with van der Waals surface area (Å²) in [6, 6.07) is 0.531. The summed E-state index contributed by atoms with van der Waals surface area (Å²) in [5.74, 6) is 0.759. The summed E-state index contributed by atoms with van der Waals surface area (Å²) in [5.41, 5.74) is 2.32. The van der Waals surface area contributed by atoms with Gasteiger partial charge in [0.1, 0.15) is 0 Å². The number of hydrogen-bond acceptors (Lipinski definition) is 3. The maximum absolute atomic E-state index is 13.1. The van der Waals surface area contributed by atoms with E-state index in [4.69, 9.17) is 4.74 Å². The van der Waals surface area contributed by atoms with Crippen LogP contribution in [0.1, 0.15) is 188 Å². The highest BCUT2D eigenvalue weighted by Crippen LogP contribution is 2.27. The Morgan fingerprint density at radius 1 is 0.721 bits per heavy atom. The van der Waals surface area contributed by atoms with Crippen LogP contribution in [0.4, 0.5) is 0 Å². The molecule has 0 aromatic rings. The van der Waals surface area contributed by atoms with Crippen LogP contribution >= 0.6 is 0 Å². The Kier molecular flexibility index (Phi) is 26.6. The van der Waals surface area contributed by atoms with E-state index < -0.39 is 0 Å². The van der Waals surface area contributed by atoms with Crippen LogP contribution in [0.2, 0.25) is 0 Å². The zero-order chi connectivity index (χ0) is 31.4. The highest BCUT2D eigenvalue weighted by atomic mass is 16.5. The van der Waals surface area contributed by atoms with Crippen molar-refractivity contribution in [1.29, 1.82) is 0 Å². The number of nitrogens with zero attached hydrogens (tertiary/aromatic N) is 1. The molecule has 0 radical (unpaired) electrons. The van der Waals surface area contributed by atoms with Gasteiger partial charge in [-0.3, -0.25) is 9.69 Å². The number of hydrogen-bond donors (Lipinski definition) is 0. The topological polar surface area (TPSA) is 29.5 Å². The smallest absolute Gasteiger partial charge is 0.158 e. The Hall–Kier alpha value is -0.930. The fraction of sp³-hybridized carbons (Fsp3) is 0.875. The SMILES string of the molecule is C=C1C[C@@H](COCCCCCCCC(=O)C(=C)C(CCCCCCCC)CCCCCCCC)N(CCCCCCC)C1. The van der Waals surface area contributed by atoms with E-state index in [1.54, 1.807) is 0 Å². The zero-order valence-corrected chi connectivity index (χ0v) is 29.5. The van der Waals surface area contributed by atoms with Gasteiger partial charge in [0.15, 0.2) is 5.78 Å². The van der Waals surface area contributed by atoms with Gasteiger partial charge in [-0.2, -0.15) is 0 Å². The van der Waals surface area contributed by atoms with Gasteiger partial charge in [-0.1, -0.05) is 161 Å². The molecule has 0 aromatic heterocycles. The van der Waals surface area contributed by atoms with Crippen molar-refractivity contribution in [2.75, 3.05) is 26.3 Å². The molecule has 0 bridgehead atoms. The predicted molar refractivity (Wildman–Crippen MR) is 190 cm³/mol. The highest BCUT2D eigenvalue weighted by molar-refractivity contribution is 5.95. The lowest BCUT2D eigenvalue weighted by molar-refractivity contribution is -0.116. The Bertz CT molecular complexity index is 670. The third-order valence-electron chi connectivity index (χ3n) is 9.68. The zero-order valence-electron chi connectivity index (χ0n) is 29.5. The molecule has 43 heavy (non-hydrogen) atoms. The van der Waals surface area contributed by atoms with Crippen LogP contribution in [0.15, 0.2) is 24.3 Å². The van der Waals surface area contributed by atoms with E-state index in [-0.39, 0.29) is 0 Å². The van der Waals surface area contributed by atoms with Crippen molar-refractivity contribution < 1.29 is 9.53 Å². The third kappa shape index (κ3) is 21.4. The molecule has 1 aliphatic rings. The minimum atomic E-state index is 0.346. The van der Waals surface area contributed by atoms with Gasteiger partial charge in [0.25, 0.3) is 0 Å². The van der Waals surface area contributed by atoms with Crippen molar-refractivity contribution in [3.8, 4) is 0 Å². The molecular weight excluding hydrogens is 526 g/mol. The molecule has 0 aromatic carbocycles. The number of ketones is 1. The summed E-state index contributed by atoms with van der Waals surface area (Å²) in [4.78, 5) is 15.7. The first-order chi connectivity index (χ1) is 21.0. The van der Waals surface area contributed by atoms with Gasteiger partial charge in [-0.05, 0) is 56.6 Å². The van der Waals surface area contributed by atoms with Gasteiger partial charge in [0.2, 0.25) is 0 Å². The number of allylic oxidation sites excluding steroid dienone is 1. The van der Waals surface area contributed by atoms with Crippen LogP contribution in [-0.2, 0) is 9.53 Å². The lowest BCUT2D eigenvalue weighted by atomic mass is 9.85. The molecule has 0 N–H and O–H groups in total. The molecular formula is C40H75NO2. The minimum absolute atomic E-state index is 0.346. The number of carbonyl (C=O) groups is 1. The Balaban J connectivity index is 2.20. The quantitative estimate of drug-likeness (QED) is 0.0436. The van der Waals surface area contributed by atoms with Crippen molar-refractivity contribution in [2.24, 2.45) is 5.92 Å². The van der Waals surface area contributed by atoms with Crippen molar-refractivity contribution in [2.45, 2.75) is 194 Å². The third-order valence-corrected chi connectivity index (χ3v) is 9.68. The van der Waals surface area contributed by atoms with Crippen LogP contribution < -0.4 is 0 Å². The van der Waals surface area contributed by atoms with E-state index in [1.165, 1.54) is 134 Å². The van der Waals surface area contributed by atoms with Crippen LogP contribution in [0.5, 0.6) is 0 Å². The summed E-state index contributed by atoms with van der Waals surface area (Å²) < 4.78 is 6.11. The average Bonchev–Trinajstić information content (AvgIpc) is 3.36. The molecule has 252 valence electrons. The fourth-order valence-electron chi connectivity index (χ4n) is 6.75. The second-order valence-electron chi connectivity index (χ2n) is 13.8. The number of Topliss-reactive ketones (excluding diaryl/α,β-unsaturated/α-hetero) is 1. The molecule has 0 unspecified atom stereocenters. The predicted octanol–water partition coefficient (Wildman–Crippen LogP) is 12.2. The molecule has 1 fully saturated rings. The van der Waals surface area contributed by atoms with E-state index in [2.05, 4.69) is 38.8 Å². The van der Waals surface area contributed by atoms with Crippen LogP contribution in [0.25, 0.3) is 0 Å². The lowest BCUT2D eigenvalue weighted by Gasteiger charge is -2.23. The van der Waals surface area contributed by atoms with E-state index in [9.17, 15) is 4.79 Å². The summed E-state index contributed by atoms with van der Waals surface area (Å²) in [5, 5.41) is 0. The number of unbranched alkanes of at least 4 members (excludes halogenated alkanes) is 18. The van der Waals surface area contributed by atoms with Gasteiger partial charge in [-0.25, -0.2) is 0 Å². The maximum Gasteiger partial charge on any atom is 0.158 e. The first-order valence-corrected chi connectivity index (χ1v) is 19.2. The first kappa shape index (κ1) is 40.1. The minimum Gasteiger partial charge on any atom is -0.380 e. The average molecular weight is 602 g/mol. The summed E-state index contributed by atoms with van der Waals surface area (Å²) >= 11 is 0. The van der Waals surface area contributed by atoms with Crippen LogP contribution in [-0.4, -0.2) is 43.0 Å². The molecule has 1 atom stereocenters. The van der Waals surface area contributed by atoms with Crippen LogP contribution in [0.3, 0.4) is 0 Å². The van der Waals surface area contributed by atoms with Gasteiger partial charge in [-0.15, -0.1) is 0 Å². The van der Waals surface area contributed by atoms with E-state index in [1.807, 2.05) is 0 Å². The number of carbonyl (C=O) groups excluding carboxylic acids is 1. The second-order valence-corrected chi connectivity index (χ2v) is 13.8. The molecule has 0 spiro atoms. The van der Waals surface area contributed by atoms with Gasteiger partial charge < -0.3 is 4.74 Å². The molecule has 1 saturated heterocycles. The molecule has 3 nitrogen and oxygen atoms in total. The molecule has 1 aliphatic heterocycles. The van der Waals surface area contributed by atoms with Crippen molar-refractivity contribution in [1.82, 2.24) is 4.90 Å². The molecule has 1 heterocycles. The second kappa shape index (κ2) is 28.5. The van der Waals surface area contributed by atoms with Crippen molar-refractivity contribution >= 4 is 5.78 Å². The number of likely N-dealkylation sites (tertiary alicyclic amines) is 1. The van der Waals surface area contributed by atoms with E-state index >= 15 is 0 Å². The van der Waals surface area contributed by atoms with E-state index in [0.717, 1.165) is 63.9 Å². The van der Waals surface area contributed by atoms with Gasteiger partial charge in [0.05, 0.1) is 6.61 Å².